The molecule has 0 N–H and O–H groups in total. The van der Waals surface area contributed by atoms with Crippen LogP contribution in [-0.4, -0.2) is 51.4 Å². The minimum atomic E-state index is -0.0850. The van der Waals surface area contributed by atoms with Gasteiger partial charge in [-0.1, -0.05) is 6.07 Å². The van der Waals surface area contributed by atoms with Gasteiger partial charge in [0.15, 0.2) is 11.5 Å². The van der Waals surface area contributed by atoms with E-state index in [-0.39, 0.29) is 12.0 Å². The van der Waals surface area contributed by atoms with Crippen LogP contribution in [-0.2, 0) is 11.3 Å². The predicted molar refractivity (Wildman–Crippen MR) is 104 cm³/mol. The molecule has 1 saturated heterocycles. The fraction of sp³-hybridized carbons (Fsp3) is 0.450. The second kappa shape index (κ2) is 9.10. The maximum absolute atomic E-state index is 13.3. The number of methoxy groups -OCH3 is 3. The lowest BCUT2D eigenvalue weighted by atomic mass is 10.1. The molecule has 0 saturated carbocycles. The van der Waals surface area contributed by atoms with E-state index in [4.69, 9.17) is 18.9 Å². The first kappa shape index (κ1) is 19.5. The lowest BCUT2D eigenvalue weighted by molar-refractivity contribution is 0.0509. The smallest absolute Gasteiger partial charge is 0.254 e. The summed E-state index contributed by atoms with van der Waals surface area (Å²) in [6.45, 7) is 1.87. The highest BCUT2D eigenvalue weighted by Crippen LogP contribution is 2.38. The van der Waals surface area contributed by atoms with Gasteiger partial charge in [-0.25, -0.2) is 0 Å². The first-order chi connectivity index (χ1) is 13.2. The van der Waals surface area contributed by atoms with E-state index in [1.165, 1.54) is 0 Å². The third kappa shape index (κ3) is 4.54. The molecule has 27 heavy (non-hydrogen) atoms. The summed E-state index contributed by atoms with van der Waals surface area (Å²) in [4.78, 5) is 16.3. The van der Waals surface area contributed by atoms with Gasteiger partial charge < -0.3 is 23.8 Å². The third-order valence-electron chi connectivity index (χ3n) is 4.57. The zero-order valence-corrected chi connectivity index (χ0v) is 16.7. The van der Waals surface area contributed by atoms with Crippen LogP contribution < -0.4 is 14.2 Å². The first-order valence-electron chi connectivity index (χ1n) is 8.89. The molecule has 0 aliphatic carbocycles. The molecule has 1 aromatic carbocycles. The van der Waals surface area contributed by atoms with Crippen molar-refractivity contribution in [2.24, 2.45) is 0 Å². The molecule has 146 valence electrons. The van der Waals surface area contributed by atoms with Crippen molar-refractivity contribution in [3.05, 3.63) is 40.1 Å². The van der Waals surface area contributed by atoms with Gasteiger partial charge in [-0.2, -0.15) is 0 Å². The van der Waals surface area contributed by atoms with E-state index in [1.807, 2.05) is 22.4 Å². The second-order valence-electron chi connectivity index (χ2n) is 6.31. The second-order valence-corrected chi connectivity index (χ2v) is 7.35. The van der Waals surface area contributed by atoms with Crippen LogP contribution in [0.5, 0.6) is 17.2 Å². The summed E-state index contributed by atoms with van der Waals surface area (Å²) in [5.41, 5.74) is 0.499. The first-order valence-corrected chi connectivity index (χ1v) is 9.77. The van der Waals surface area contributed by atoms with Crippen LogP contribution in [0, 0.1) is 0 Å². The molecule has 0 spiro atoms. The third-order valence-corrected chi connectivity index (χ3v) is 5.43. The Balaban J connectivity index is 1.89. The zero-order chi connectivity index (χ0) is 19.2. The Bertz CT molecular complexity index is 731. The summed E-state index contributed by atoms with van der Waals surface area (Å²) in [6, 6.07) is 7.42. The quantitative estimate of drug-likeness (QED) is 0.688. The van der Waals surface area contributed by atoms with E-state index < -0.39 is 0 Å². The Morgan fingerprint density at radius 3 is 2.48 bits per heavy atom. The fourth-order valence-electron chi connectivity index (χ4n) is 3.23. The van der Waals surface area contributed by atoms with Crippen LogP contribution in [0.2, 0.25) is 0 Å². The Morgan fingerprint density at radius 2 is 1.96 bits per heavy atom. The molecule has 6 nitrogen and oxygen atoms in total. The molecular formula is C20H25NO5S. The SMILES string of the molecule is COc1cc(C(=O)N(Cc2cccs2)C[C@H]2CCCO2)cc(OC)c1OC. The van der Waals surface area contributed by atoms with E-state index in [0.29, 0.717) is 35.9 Å². The highest BCUT2D eigenvalue weighted by Gasteiger charge is 2.26. The summed E-state index contributed by atoms with van der Waals surface area (Å²) in [7, 11) is 4.63. The lowest BCUT2D eigenvalue weighted by Crippen LogP contribution is -2.36. The van der Waals surface area contributed by atoms with Gasteiger partial charge >= 0.3 is 0 Å². The Morgan fingerprint density at radius 1 is 1.22 bits per heavy atom. The van der Waals surface area contributed by atoms with Crippen molar-refractivity contribution in [2.75, 3.05) is 34.5 Å². The highest BCUT2D eigenvalue weighted by molar-refractivity contribution is 7.09. The largest absolute Gasteiger partial charge is 0.493 e. The van der Waals surface area contributed by atoms with Gasteiger partial charge in [-0.05, 0) is 36.4 Å². The number of hydrogen-bond donors (Lipinski definition) is 0. The van der Waals surface area contributed by atoms with Crippen molar-refractivity contribution in [3.8, 4) is 17.2 Å². The summed E-state index contributed by atoms with van der Waals surface area (Å²) < 4.78 is 21.9. The molecule has 1 amide bonds. The van der Waals surface area contributed by atoms with Crippen molar-refractivity contribution in [1.29, 1.82) is 0 Å². The van der Waals surface area contributed by atoms with Crippen LogP contribution in [0.25, 0.3) is 0 Å². The number of rotatable bonds is 8. The van der Waals surface area contributed by atoms with Gasteiger partial charge in [0.2, 0.25) is 5.75 Å². The number of hydrogen-bond acceptors (Lipinski definition) is 6. The van der Waals surface area contributed by atoms with E-state index in [2.05, 4.69) is 0 Å². The summed E-state index contributed by atoms with van der Waals surface area (Å²) in [5, 5.41) is 2.02. The number of ether oxygens (including phenoxy) is 4. The maximum Gasteiger partial charge on any atom is 0.254 e. The minimum absolute atomic E-state index is 0.0796. The van der Waals surface area contributed by atoms with Gasteiger partial charge in [-0.15, -0.1) is 11.3 Å². The van der Waals surface area contributed by atoms with Crippen LogP contribution in [0.1, 0.15) is 28.1 Å². The van der Waals surface area contributed by atoms with Crippen molar-refractivity contribution >= 4 is 17.2 Å². The molecule has 1 aliphatic rings. The van der Waals surface area contributed by atoms with Crippen LogP contribution >= 0.6 is 11.3 Å². The molecule has 0 bridgehead atoms. The Labute approximate surface area is 163 Å². The van der Waals surface area contributed by atoms with Gasteiger partial charge in [0.1, 0.15) is 0 Å². The molecule has 1 aliphatic heterocycles. The van der Waals surface area contributed by atoms with Gasteiger partial charge in [0, 0.05) is 23.6 Å². The predicted octanol–water partition coefficient (Wildman–Crippen LogP) is 3.60. The molecule has 0 radical (unpaired) electrons. The van der Waals surface area contributed by atoms with Gasteiger partial charge in [0.05, 0.1) is 34.0 Å². The highest BCUT2D eigenvalue weighted by atomic mass is 32.1. The lowest BCUT2D eigenvalue weighted by Gasteiger charge is -2.26. The van der Waals surface area contributed by atoms with Crippen LogP contribution in [0.4, 0.5) is 0 Å². The Kier molecular flexibility index (Phi) is 6.58. The average molecular weight is 391 g/mol. The average Bonchev–Trinajstić information content (AvgIpc) is 3.39. The summed E-state index contributed by atoms with van der Waals surface area (Å²) in [5.74, 6) is 1.32. The minimum Gasteiger partial charge on any atom is -0.493 e. The van der Waals surface area contributed by atoms with E-state index in [1.54, 1.807) is 44.8 Å². The molecule has 7 heteroatoms. The zero-order valence-electron chi connectivity index (χ0n) is 15.9. The van der Waals surface area contributed by atoms with E-state index >= 15 is 0 Å². The fourth-order valence-corrected chi connectivity index (χ4v) is 3.95. The van der Waals surface area contributed by atoms with Gasteiger partial charge in [0.25, 0.3) is 5.91 Å². The standard InChI is InChI=1S/C20H25NO5S/c1-23-17-10-14(11-18(24-2)19(17)25-3)20(22)21(12-15-6-4-8-26-15)13-16-7-5-9-27-16/h5,7,9-11,15H,4,6,8,12-13H2,1-3H3/t15-/m1/s1. The molecule has 3 rings (SSSR count). The monoisotopic (exact) mass is 391 g/mol. The summed E-state index contributed by atoms with van der Waals surface area (Å²) >= 11 is 1.64. The molecule has 1 atom stereocenters. The van der Waals surface area contributed by atoms with Crippen LogP contribution in [0.3, 0.4) is 0 Å². The van der Waals surface area contributed by atoms with E-state index in [0.717, 1.165) is 24.3 Å². The molecule has 1 aromatic heterocycles. The maximum atomic E-state index is 13.3. The molecule has 2 heterocycles. The molecule has 1 fully saturated rings. The number of thiophene rings is 1. The van der Waals surface area contributed by atoms with Crippen molar-refractivity contribution in [2.45, 2.75) is 25.5 Å². The van der Waals surface area contributed by atoms with Crippen LogP contribution in [0.15, 0.2) is 29.6 Å². The topological polar surface area (TPSA) is 57.2 Å². The van der Waals surface area contributed by atoms with Crippen molar-refractivity contribution in [3.63, 3.8) is 0 Å². The number of carbonyl (C=O) groups is 1. The number of benzene rings is 1. The molecular weight excluding hydrogens is 366 g/mol. The van der Waals surface area contributed by atoms with Gasteiger partial charge in [-0.3, -0.25) is 4.79 Å². The van der Waals surface area contributed by atoms with Crippen molar-refractivity contribution in [1.82, 2.24) is 4.90 Å². The number of nitrogens with zero attached hydrogens (tertiary/aromatic N) is 1. The number of carbonyl (C=O) groups excluding carboxylic acids is 1. The normalized spacial score (nSPS) is 16.2. The molecule has 2 aromatic rings. The van der Waals surface area contributed by atoms with E-state index in [9.17, 15) is 4.79 Å². The summed E-state index contributed by atoms with van der Waals surface area (Å²) in [6.07, 6.45) is 2.09. The Hall–Kier alpha value is -2.25. The number of amides is 1. The molecule has 0 unspecified atom stereocenters. The van der Waals surface area contributed by atoms with Crippen molar-refractivity contribution < 1.29 is 23.7 Å².